The summed E-state index contributed by atoms with van der Waals surface area (Å²) >= 11 is 0. The number of hydrogen-bond donors (Lipinski definition) is 8. The summed E-state index contributed by atoms with van der Waals surface area (Å²) in [6.07, 6.45) is -23.6. The van der Waals surface area contributed by atoms with E-state index in [1.165, 1.54) is 24.0 Å². The first-order valence-electron chi connectivity index (χ1n) is 15.8. The Balaban J connectivity index is 1.62. The van der Waals surface area contributed by atoms with Gasteiger partial charge in [0, 0.05) is 6.54 Å². The number of likely N-dealkylation sites (N-methyl/N-ethyl adjacent to an activating group) is 1. The zero-order chi connectivity index (χ0) is 40.3. The van der Waals surface area contributed by atoms with Crippen molar-refractivity contribution in [2.24, 2.45) is 0 Å². The summed E-state index contributed by atoms with van der Waals surface area (Å²) in [6.45, 7) is -0.351. The first-order valence-corrected chi connectivity index (χ1v) is 17.4. The van der Waals surface area contributed by atoms with E-state index >= 15 is 0 Å². The van der Waals surface area contributed by atoms with Gasteiger partial charge >= 0.3 is 25.8 Å². The average molecular weight is 808 g/mol. The molecule has 2 aromatic carbocycles. The number of benzene rings is 2. The molecule has 0 amide bonds. The minimum Gasteiger partial charge on any atom is -0.394 e. The van der Waals surface area contributed by atoms with Crippen LogP contribution < -0.4 is 11.0 Å². The van der Waals surface area contributed by atoms with Crippen LogP contribution in [0.1, 0.15) is 47.1 Å². The van der Waals surface area contributed by atoms with Crippen LogP contribution in [0, 0.1) is 5.82 Å². The SMILES string of the molecule is CNC(OP(=O)(O)n1nc(CN2CCO[C@H](O[C@H](C)c3cc(C(F)(F)F)cc(C(F)(F)F)c3)[C@@H]2c2ccc(F)cc2)[nH]c1=O)[C@H](O)[C@@H](O)[C@H](O)[C@H](O)CO. The molecule has 0 radical (unpaired) electrons. The molecule has 8 N–H and O–H groups in total. The highest BCUT2D eigenvalue weighted by Gasteiger charge is 2.42. The summed E-state index contributed by atoms with van der Waals surface area (Å²) in [7, 11) is -4.25. The molecule has 2 unspecified atom stereocenters. The standard InChI is InChI=1S/C30H37F7N5O11P/c1-14(16-9-17(29(32,33)34)11-18(10-16)30(35,36)37)52-27-22(15-3-5-19(31)6-4-15)41(7-8-51-27)12-21-39-28(48)42(40-21)54(49,50)53-26(38-2)25(47)24(46)23(45)20(44)13-43/h3-6,9-11,14,20,22-27,38,43-47H,7-8,12-13H2,1-2H3,(H,49,50)(H,39,40,48)/t14-,20-,22+,23-,24+,25-,26?,27-/m1/s1. The normalized spacial score (nSPS) is 21.9. The second-order valence-electron chi connectivity index (χ2n) is 12.1. The highest BCUT2D eigenvalue weighted by Crippen LogP contribution is 2.44. The number of nitrogens with one attached hydrogen (secondary N) is 2. The van der Waals surface area contributed by atoms with Gasteiger partial charge in [-0.2, -0.15) is 26.3 Å². The summed E-state index contributed by atoms with van der Waals surface area (Å²) < 4.78 is 125. The van der Waals surface area contributed by atoms with Crippen LogP contribution in [0.4, 0.5) is 30.7 Å². The highest BCUT2D eigenvalue weighted by atomic mass is 31.2. The van der Waals surface area contributed by atoms with Crippen LogP contribution in [0.5, 0.6) is 0 Å². The van der Waals surface area contributed by atoms with Crippen LogP contribution in [0.15, 0.2) is 47.3 Å². The van der Waals surface area contributed by atoms with Crippen molar-refractivity contribution in [2.45, 2.75) is 74.9 Å². The number of alkyl halides is 6. The maximum Gasteiger partial charge on any atom is 0.458 e. The molecule has 4 rings (SSSR count). The van der Waals surface area contributed by atoms with Crippen molar-refractivity contribution in [3.8, 4) is 0 Å². The van der Waals surface area contributed by atoms with Gasteiger partial charge < -0.3 is 39.9 Å². The number of morpholine rings is 1. The quantitative estimate of drug-likeness (QED) is 0.0617. The molecule has 9 atom stereocenters. The lowest BCUT2D eigenvalue weighted by molar-refractivity contribution is -0.231. The predicted octanol–water partition coefficient (Wildman–Crippen LogP) is 1.37. The lowest BCUT2D eigenvalue weighted by Gasteiger charge is -2.41. The molecule has 24 heteroatoms. The fourth-order valence-corrected chi connectivity index (χ4v) is 6.60. The van der Waals surface area contributed by atoms with E-state index in [1.54, 1.807) is 0 Å². The molecular weight excluding hydrogens is 770 g/mol. The van der Waals surface area contributed by atoms with Crippen LogP contribution in [-0.4, -0.2) is 114 Å². The second-order valence-corrected chi connectivity index (χ2v) is 13.7. The van der Waals surface area contributed by atoms with Crippen molar-refractivity contribution in [3.63, 3.8) is 0 Å². The van der Waals surface area contributed by atoms with E-state index in [2.05, 4.69) is 15.4 Å². The molecular formula is C30H37F7N5O11P. The average Bonchev–Trinajstić information content (AvgIpc) is 3.49. The van der Waals surface area contributed by atoms with Crippen molar-refractivity contribution in [2.75, 3.05) is 26.8 Å². The molecule has 2 heterocycles. The molecule has 0 spiro atoms. The Morgan fingerprint density at radius 1 is 1.02 bits per heavy atom. The number of ether oxygens (including phenoxy) is 2. The van der Waals surface area contributed by atoms with E-state index in [4.69, 9.17) is 19.1 Å². The third-order valence-corrected chi connectivity index (χ3v) is 9.56. The molecule has 16 nitrogen and oxygen atoms in total. The molecule has 1 aliphatic rings. The number of aliphatic hydroxyl groups excluding tert-OH is 5. The van der Waals surface area contributed by atoms with Gasteiger partial charge in [0.2, 0.25) is 0 Å². The molecule has 0 bridgehead atoms. The van der Waals surface area contributed by atoms with Gasteiger partial charge in [0.25, 0.3) is 0 Å². The molecule has 1 saturated heterocycles. The minimum atomic E-state index is -5.35. The molecule has 302 valence electrons. The second kappa shape index (κ2) is 17.2. The van der Waals surface area contributed by atoms with Crippen LogP contribution in [0.3, 0.4) is 0 Å². The van der Waals surface area contributed by atoms with Crippen LogP contribution in [0.25, 0.3) is 0 Å². The molecule has 1 fully saturated rings. The van der Waals surface area contributed by atoms with Crippen molar-refractivity contribution >= 4 is 7.75 Å². The van der Waals surface area contributed by atoms with E-state index in [-0.39, 0.29) is 41.6 Å². The Bertz CT molecular complexity index is 1780. The summed E-state index contributed by atoms with van der Waals surface area (Å²) in [5, 5.41) is 55.1. The fraction of sp³-hybridized carbons (Fsp3) is 0.533. The maximum absolute atomic E-state index is 13.9. The summed E-state index contributed by atoms with van der Waals surface area (Å²) in [5.41, 5.74) is -4.66. The minimum absolute atomic E-state index is 0.00810. The third kappa shape index (κ3) is 10.3. The van der Waals surface area contributed by atoms with Gasteiger partial charge in [-0.05, 0) is 55.4 Å². The number of aromatic amines is 1. The number of rotatable bonds is 15. The molecule has 0 saturated carbocycles. The Hall–Kier alpha value is -3.32. The topological polar surface area (TPSA) is 232 Å². The molecule has 1 aliphatic heterocycles. The Labute approximate surface area is 300 Å². The van der Waals surface area contributed by atoms with E-state index < -0.39 is 104 Å². The lowest BCUT2D eigenvalue weighted by Crippen LogP contribution is -2.54. The van der Waals surface area contributed by atoms with E-state index in [9.17, 15) is 65.4 Å². The van der Waals surface area contributed by atoms with Crippen molar-refractivity contribution in [1.29, 1.82) is 0 Å². The highest BCUT2D eigenvalue weighted by molar-refractivity contribution is 7.50. The van der Waals surface area contributed by atoms with Crippen molar-refractivity contribution in [3.05, 3.63) is 86.8 Å². The van der Waals surface area contributed by atoms with Gasteiger partial charge in [-0.25, -0.2) is 13.8 Å². The van der Waals surface area contributed by atoms with Crippen LogP contribution in [0.2, 0.25) is 0 Å². The van der Waals surface area contributed by atoms with E-state index in [0.29, 0.717) is 12.1 Å². The van der Waals surface area contributed by atoms with Gasteiger partial charge in [0.15, 0.2) is 6.29 Å². The van der Waals surface area contributed by atoms with Gasteiger partial charge in [-0.3, -0.25) is 19.7 Å². The van der Waals surface area contributed by atoms with E-state index in [1.807, 2.05) is 0 Å². The molecule has 54 heavy (non-hydrogen) atoms. The number of H-pyrrole nitrogens is 1. The van der Waals surface area contributed by atoms with Gasteiger partial charge in [-0.1, -0.05) is 12.1 Å². The smallest absolute Gasteiger partial charge is 0.394 e. The number of halogens is 7. The lowest BCUT2D eigenvalue weighted by atomic mass is 10.0. The molecule has 3 aromatic rings. The van der Waals surface area contributed by atoms with Gasteiger partial charge in [0.05, 0.1) is 43.0 Å². The largest absolute Gasteiger partial charge is 0.458 e. The van der Waals surface area contributed by atoms with E-state index in [0.717, 1.165) is 19.2 Å². The molecule has 0 aliphatic carbocycles. The van der Waals surface area contributed by atoms with Gasteiger partial charge in [0.1, 0.15) is 42.3 Å². The zero-order valence-corrected chi connectivity index (χ0v) is 29.0. The Kier molecular flexibility index (Phi) is 13.8. The predicted molar refractivity (Wildman–Crippen MR) is 168 cm³/mol. The van der Waals surface area contributed by atoms with Crippen molar-refractivity contribution < 1.29 is 79.7 Å². The Morgan fingerprint density at radius 2 is 1.61 bits per heavy atom. The fourth-order valence-electron chi connectivity index (χ4n) is 5.49. The monoisotopic (exact) mass is 807 g/mol. The first kappa shape index (κ1) is 43.4. The number of nitrogens with zero attached hydrogens (tertiary/aromatic N) is 3. The molecule has 1 aromatic heterocycles. The number of hydrogen-bond acceptors (Lipinski definition) is 13. The van der Waals surface area contributed by atoms with Gasteiger partial charge in [-0.15, -0.1) is 9.55 Å². The van der Waals surface area contributed by atoms with Crippen LogP contribution in [-0.2, 0) is 37.5 Å². The Morgan fingerprint density at radius 3 is 2.15 bits per heavy atom. The number of aromatic nitrogens is 3. The van der Waals surface area contributed by atoms with Crippen molar-refractivity contribution in [1.82, 2.24) is 24.8 Å². The third-order valence-electron chi connectivity index (χ3n) is 8.31. The number of aliphatic hydroxyl groups is 5. The summed E-state index contributed by atoms with van der Waals surface area (Å²) in [6, 6.07) is 4.61. The zero-order valence-electron chi connectivity index (χ0n) is 28.1. The maximum atomic E-state index is 13.9. The summed E-state index contributed by atoms with van der Waals surface area (Å²) in [5.74, 6) is -0.954. The van der Waals surface area contributed by atoms with Crippen LogP contribution >= 0.6 is 7.75 Å². The summed E-state index contributed by atoms with van der Waals surface area (Å²) in [4.78, 5) is 27.2. The first-order chi connectivity index (χ1) is 25.1.